The van der Waals surface area contributed by atoms with Gasteiger partial charge in [0.15, 0.2) is 0 Å². The van der Waals surface area contributed by atoms with Gasteiger partial charge in [-0.1, -0.05) is 15.9 Å². The Morgan fingerprint density at radius 2 is 1.86 bits per heavy atom. The lowest BCUT2D eigenvalue weighted by molar-refractivity contribution is 0.0697. The molecule has 0 saturated heterocycles. The average molecular weight is 351 g/mol. The van der Waals surface area contributed by atoms with Crippen LogP contribution < -0.4 is 11.1 Å². The van der Waals surface area contributed by atoms with E-state index < -0.39 is 11.9 Å². The largest absolute Gasteiger partial charge is 0.508 e. The SMILES string of the molecule is Nc1cc(Br)cc(C(=O)Nc2ccc(O)cc2C(=O)O)c1. The first-order valence-corrected chi connectivity index (χ1v) is 6.60. The lowest BCUT2D eigenvalue weighted by atomic mass is 10.1. The Bertz CT molecular complexity index is 711. The van der Waals surface area contributed by atoms with Gasteiger partial charge in [0.1, 0.15) is 5.75 Å². The van der Waals surface area contributed by atoms with Gasteiger partial charge in [-0.3, -0.25) is 4.79 Å². The smallest absolute Gasteiger partial charge is 0.337 e. The predicted octanol–water partition coefficient (Wildman–Crippen LogP) is 2.69. The minimum atomic E-state index is -1.25. The number of benzene rings is 2. The second-order valence-electron chi connectivity index (χ2n) is 4.26. The zero-order valence-corrected chi connectivity index (χ0v) is 12.2. The van der Waals surface area contributed by atoms with Gasteiger partial charge in [-0.05, 0) is 36.4 Å². The van der Waals surface area contributed by atoms with Crippen molar-refractivity contribution in [2.75, 3.05) is 11.1 Å². The van der Waals surface area contributed by atoms with E-state index in [1.807, 2.05) is 0 Å². The minimum absolute atomic E-state index is 0.0869. The third kappa shape index (κ3) is 3.51. The van der Waals surface area contributed by atoms with Gasteiger partial charge in [0.2, 0.25) is 0 Å². The molecular weight excluding hydrogens is 340 g/mol. The average Bonchev–Trinajstić information content (AvgIpc) is 2.39. The molecule has 0 saturated carbocycles. The summed E-state index contributed by atoms with van der Waals surface area (Å²) in [5.41, 5.74) is 6.22. The quantitative estimate of drug-likeness (QED) is 0.502. The summed E-state index contributed by atoms with van der Waals surface area (Å²) in [4.78, 5) is 23.2. The number of hydrogen-bond donors (Lipinski definition) is 4. The molecule has 0 spiro atoms. The van der Waals surface area contributed by atoms with E-state index in [1.165, 1.54) is 18.2 Å². The summed E-state index contributed by atoms with van der Waals surface area (Å²) in [6.45, 7) is 0. The summed E-state index contributed by atoms with van der Waals surface area (Å²) in [6.07, 6.45) is 0. The molecule has 0 aliphatic carbocycles. The van der Waals surface area contributed by atoms with Gasteiger partial charge in [-0.15, -0.1) is 0 Å². The number of nitrogens with one attached hydrogen (secondary N) is 1. The molecule has 5 N–H and O–H groups in total. The normalized spacial score (nSPS) is 10.1. The van der Waals surface area contributed by atoms with Crippen molar-refractivity contribution in [2.45, 2.75) is 0 Å². The Morgan fingerprint density at radius 1 is 1.14 bits per heavy atom. The number of amides is 1. The fourth-order valence-electron chi connectivity index (χ4n) is 1.76. The Balaban J connectivity index is 2.33. The summed E-state index contributed by atoms with van der Waals surface area (Å²) >= 11 is 3.23. The molecule has 108 valence electrons. The number of nitrogen functional groups attached to an aromatic ring is 1. The van der Waals surface area contributed by atoms with E-state index in [2.05, 4.69) is 21.2 Å². The molecular formula is C14H11BrN2O4. The minimum Gasteiger partial charge on any atom is -0.508 e. The number of halogens is 1. The summed E-state index contributed by atoms with van der Waals surface area (Å²) in [7, 11) is 0. The van der Waals surface area contributed by atoms with Crippen molar-refractivity contribution in [3.05, 3.63) is 52.0 Å². The van der Waals surface area contributed by atoms with Crippen molar-refractivity contribution < 1.29 is 19.8 Å². The fraction of sp³-hybridized carbons (Fsp3) is 0. The van der Waals surface area contributed by atoms with Crippen molar-refractivity contribution in [2.24, 2.45) is 0 Å². The molecule has 0 aliphatic heterocycles. The van der Waals surface area contributed by atoms with E-state index in [-0.39, 0.29) is 22.6 Å². The molecule has 6 nitrogen and oxygen atoms in total. The highest BCUT2D eigenvalue weighted by Crippen LogP contribution is 2.23. The van der Waals surface area contributed by atoms with Crippen LogP contribution in [0.25, 0.3) is 0 Å². The van der Waals surface area contributed by atoms with Crippen LogP contribution in [0.1, 0.15) is 20.7 Å². The molecule has 7 heteroatoms. The summed E-state index contributed by atoms with van der Waals surface area (Å²) in [5, 5.41) is 20.9. The van der Waals surface area contributed by atoms with Crippen LogP contribution in [0.2, 0.25) is 0 Å². The van der Waals surface area contributed by atoms with Gasteiger partial charge < -0.3 is 21.3 Å². The van der Waals surface area contributed by atoms with Crippen LogP contribution in [0.15, 0.2) is 40.9 Å². The molecule has 0 bridgehead atoms. The van der Waals surface area contributed by atoms with Gasteiger partial charge in [-0.2, -0.15) is 0 Å². The van der Waals surface area contributed by atoms with Crippen LogP contribution in [0, 0.1) is 0 Å². The molecule has 21 heavy (non-hydrogen) atoms. The van der Waals surface area contributed by atoms with E-state index in [4.69, 9.17) is 10.8 Å². The lowest BCUT2D eigenvalue weighted by Crippen LogP contribution is -2.15. The highest BCUT2D eigenvalue weighted by molar-refractivity contribution is 9.10. The maximum absolute atomic E-state index is 12.1. The number of carboxylic acid groups (broad SMARTS) is 1. The third-order valence-corrected chi connectivity index (χ3v) is 3.12. The first-order valence-electron chi connectivity index (χ1n) is 5.80. The van der Waals surface area contributed by atoms with E-state index in [9.17, 15) is 14.7 Å². The zero-order chi connectivity index (χ0) is 15.6. The standard InChI is InChI=1S/C14H11BrN2O4/c15-8-3-7(4-9(16)5-8)13(19)17-12-2-1-10(18)6-11(12)14(20)21/h1-6,18H,16H2,(H,17,19)(H,20,21). The van der Waals surface area contributed by atoms with Crippen LogP contribution in [0.3, 0.4) is 0 Å². The van der Waals surface area contributed by atoms with Crippen molar-refractivity contribution in [1.29, 1.82) is 0 Å². The van der Waals surface area contributed by atoms with Gasteiger partial charge in [0, 0.05) is 15.7 Å². The molecule has 0 atom stereocenters. The summed E-state index contributed by atoms with van der Waals surface area (Å²) in [6, 6.07) is 8.34. The van der Waals surface area contributed by atoms with Crippen LogP contribution >= 0.6 is 15.9 Å². The number of rotatable bonds is 3. The number of anilines is 2. The lowest BCUT2D eigenvalue weighted by Gasteiger charge is -2.09. The van der Waals surface area contributed by atoms with Crippen molar-refractivity contribution in [3.8, 4) is 5.75 Å². The predicted molar refractivity (Wildman–Crippen MR) is 81.6 cm³/mol. The van der Waals surface area contributed by atoms with Gasteiger partial charge in [0.05, 0.1) is 11.3 Å². The molecule has 0 aliphatic rings. The highest BCUT2D eigenvalue weighted by atomic mass is 79.9. The summed E-state index contributed by atoms with van der Waals surface area (Å²) in [5.74, 6) is -1.96. The maximum atomic E-state index is 12.1. The molecule has 0 aromatic heterocycles. The van der Waals surface area contributed by atoms with Crippen molar-refractivity contribution in [1.82, 2.24) is 0 Å². The number of carboxylic acids is 1. The second-order valence-corrected chi connectivity index (χ2v) is 5.18. The molecule has 1 amide bonds. The number of carbonyl (C=O) groups excluding carboxylic acids is 1. The molecule has 0 fully saturated rings. The second kappa shape index (κ2) is 5.84. The zero-order valence-electron chi connectivity index (χ0n) is 10.6. The molecule has 0 heterocycles. The van der Waals surface area contributed by atoms with Gasteiger partial charge in [-0.25, -0.2) is 4.79 Å². The van der Waals surface area contributed by atoms with Gasteiger partial charge in [0.25, 0.3) is 5.91 Å². The van der Waals surface area contributed by atoms with Gasteiger partial charge >= 0.3 is 5.97 Å². The van der Waals surface area contributed by atoms with E-state index >= 15 is 0 Å². The number of aromatic hydroxyl groups is 1. The van der Waals surface area contributed by atoms with E-state index in [0.717, 1.165) is 6.07 Å². The highest BCUT2D eigenvalue weighted by Gasteiger charge is 2.15. The molecule has 2 rings (SSSR count). The first kappa shape index (κ1) is 14.9. The van der Waals surface area contributed by atoms with Crippen LogP contribution in [0.4, 0.5) is 11.4 Å². The number of phenolic OH excluding ortho intramolecular Hbond substituents is 1. The first-order chi connectivity index (χ1) is 9.86. The maximum Gasteiger partial charge on any atom is 0.337 e. The molecule has 2 aromatic carbocycles. The number of carbonyl (C=O) groups is 2. The Hall–Kier alpha value is -2.54. The number of hydrogen-bond acceptors (Lipinski definition) is 4. The number of phenols is 1. The monoisotopic (exact) mass is 350 g/mol. The Labute approximate surface area is 128 Å². The van der Waals surface area contributed by atoms with Crippen LogP contribution in [-0.4, -0.2) is 22.1 Å². The Kier molecular flexibility index (Phi) is 4.13. The van der Waals surface area contributed by atoms with Crippen LogP contribution in [-0.2, 0) is 0 Å². The van der Waals surface area contributed by atoms with Crippen molar-refractivity contribution in [3.63, 3.8) is 0 Å². The number of nitrogens with two attached hydrogens (primary N) is 1. The summed E-state index contributed by atoms with van der Waals surface area (Å²) < 4.78 is 0.636. The molecule has 0 unspecified atom stereocenters. The number of aromatic carboxylic acids is 1. The Morgan fingerprint density at radius 3 is 2.48 bits per heavy atom. The van der Waals surface area contributed by atoms with E-state index in [1.54, 1.807) is 12.1 Å². The van der Waals surface area contributed by atoms with Crippen molar-refractivity contribution >= 4 is 39.2 Å². The third-order valence-electron chi connectivity index (χ3n) is 2.66. The molecule has 0 radical (unpaired) electrons. The van der Waals surface area contributed by atoms with E-state index in [0.29, 0.717) is 10.2 Å². The van der Waals surface area contributed by atoms with Crippen LogP contribution in [0.5, 0.6) is 5.75 Å². The molecule has 2 aromatic rings. The topological polar surface area (TPSA) is 113 Å². The fourth-order valence-corrected chi connectivity index (χ4v) is 2.27.